The molecule has 5 nitrogen and oxygen atoms in total. The Morgan fingerprint density at radius 3 is 2.62 bits per heavy atom. The monoisotopic (exact) mass is 306 g/mol. The van der Waals surface area contributed by atoms with Gasteiger partial charge in [-0.2, -0.15) is 0 Å². The molecule has 0 atom stereocenters. The van der Waals surface area contributed by atoms with E-state index in [0.29, 0.717) is 12.2 Å². The third kappa shape index (κ3) is 3.96. The van der Waals surface area contributed by atoms with Crippen molar-refractivity contribution in [3.8, 4) is 5.75 Å². The van der Waals surface area contributed by atoms with Crippen molar-refractivity contribution in [2.24, 2.45) is 5.14 Å². The fraction of sp³-hybridized carbons (Fsp3) is 0.200. The number of rotatable bonds is 5. The lowest BCUT2D eigenvalue weighted by molar-refractivity contribution is 0.410. The average Bonchev–Trinajstić information content (AvgIpc) is 2.45. The molecule has 2 aromatic carbocycles. The van der Waals surface area contributed by atoms with Gasteiger partial charge in [0, 0.05) is 17.8 Å². The zero-order chi connectivity index (χ0) is 15.5. The second kappa shape index (κ2) is 6.15. The molecule has 6 heteroatoms. The molecule has 0 aliphatic carbocycles. The third-order valence-electron chi connectivity index (χ3n) is 3.08. The van der Waals surface area contributed by atoms with Crippen LogP contribution in [-0.4, -0.2) is 15.5 Å². The highest BCUT2D eigenvalue weighted by Crippen LogP contribution is 2.21. The molecule has 2 rings (SSSR count). The van der Waals surface area contributed by atoms with E-state index in [1.807, 2.05) is 25.1 Å². The first-order valence-electron chi connectivity index (χ1n) is 6.40. The summed E-state index contributed by atoms with van der Waals surface area (Å²) in [6.45, 7) is 2.53. The van der Waals surface area contributed by atoms with Gasteiger partial charge in [0.05, 0.1) is 12.0 Å². The number of hydrogen-bond donors (Lipinski definition) is 2. The minimum atomic E-state index is -3.69. The molecule has 0 spiro atoms. The molecule has 2 aromatic rings. The van der Waals surface area contributed by atoms with E-state index in [1.54, 1.807) is 19.2 Å². The number of benzene rings is 2. The van der Waals surface area contributed by atoms with Crippen LogP contribution in [0.15, 0.2) is 47.4 Å². The van der Waals surface area contributed by atoms with Crippen LogP contribution in [0.2, 0.25) is 0 Å². The number of aryl methyl sites for hydroxylation is 1. The van der Waals surface area contributed by atoms with Gasteiger partial charge in [0.25, 0.3) is 0 Å². The zero-order valence-corrected chi connectivity index (χ0v) is 12.8. The van der Waals surface area contributed by atoms with Gasteiger partial charge in [-0.1, -0.05) is 23.8 Å². The Balaban J connectivity index is 2.19. The van der Waals surface area contributed by atoms with Gasteiger partial charge in [-0.25, -0.2) is 13.6 Å². The van der Waals surface area contributed by atoms with Gasteiger partial charge in [-0.05, 0) is 31.2 Å². The summed E-state index contributed by atoms with van der Waals surface area (Å²) in [5.74, 6) is 0.788. The van der Waals surface area contributed by atoms with Crippen LogP contribution in [0.3, 0.4) is 0 Å². The van der Waals surface area contributed by atoms with Gasteiger partial charge < -0.3 is 10.1 Å². The summed E-state index contributed by atoms with van der Waals surface area (Å²) >= 11 is 0. The van der Waals surface area contributed by atoms with E-state index in [1.165, 1.54) is 12.1 Å². The van der Waals surface area contributed by atoms with Crippen molar-refractivity contribution in [3.05, 3.63) is 53.6 Å². The number of methoxy groups -OCH3 is 1. The van der Waals surface area contributed by atoms with Crippen molar-refractivity contribution in [2.75, 3.05) is 12.4 Å². The second-order valence-corrected chi connectivity index (χ2v) is 6.30. The smallest absolute Gasteiger partial charge is 0.238 e. The van der Waals surface area contributed by atoms with E-state index in [9.17, 15) is 8.42 Å². The molecule has 0 heterocycles. The van der Waals surface area contributed by atoms with E-state index < -0.39 is 10.0 Å². The van der Waals surface area contributed by atoms with Gasteiger partial charge >= 0.3 is 0 Å². The van der Waals surface area contributed by atoms with Gasteiger partial charge in [-0.3, -0.25) is 0 Å². The number of primary sulfonamides is 1. The Bertz CT molecular complexity index is 742. The van der Waals surface area contributed by atoms with E-state index in [2.05, 4.69) is 5.32 Å². The molecule has 0 fully saturated rings. The first kappa shape index (κ1) is 15.3. The van der Waals surface area contributed by atoms with Crippen molar-refractivity contribution in [1.82, 2.24) is 0 Å². The van der Waals surface area contributed by atoms with E-state index in [-0.39, 0.29) is 4.90 Å². The van der Waals surface area contributed by atoms with Gasteiger partial charge in [0.2, 0.25) is 10.0 Å². The number of anilines is 1. The van der Waals surface area contributed by atoms with Crippen LogP contribution < -0.4 is 15.2 Å². The molecule has 0 unspecified atom stereocenters. The minimum absolute atomic E-state index is 0.0868. The number of ether oxygens (including phenoxy) is 1. The highest BCUT2D eigenvalue weighted by molar-refractivity contribution is 7.89. The van der Waals surface area contributed by atoms with Gasteiger partial charge in [0.15, 0.2) is 0 Å². The molecule has 112 valence electrons. The topological polar surface area (TPSA) is 81.4 Å². The van der Waals surface area contributed by atoms with Gasteiger partial charge in [0.1, 0.15) is 5.75 Å². The Kier molecular flexibility index (Phi) is 4.50. The number of nitrogens with one attached hydrogen (secondary N) is 1. The summed E-state index contributed by atoms with van der Waals surface area (Å²) in [5, 5.41) is 8.30. The molecular weight excluding hydrogens is 288 g/mol. The fourth-order valence-corrected chi connectivity index (χ4v) is 2.59. The summed E-state index contributed by atoms with van der Waals surface area (Å²) in [6.07, 6.45) is 0. The van der Waals surface area contributed by atoms with Crippen molar-refractivity contribution < 1.29 is 13.2 Å². The molecule has 0 saturated carbocycles. The lowest BCUT2D eigenvalue weighted by Crippen LogP contribution is -2.12. The Morgan fingerprint density at radius 2 is 1.95 bits per heavy atom. The molecule has 0 radical (unpaired) electrons. The maximum atomic E-state index is 11.3. The highest BCUT2D eigenvalue weighted by Gasteiger charge is 2.08. The summed E-state index contributed by atoms with van der Waals surface area (Å²) < 4.78 is 28.0. The molecule has 0 aliphatic rings. The first-order chi connectivity index (χ1) is 9.90. The first-order valence-corrected chi connectivity index (χ1v) is 7.95. The second-order valence-electron chi connectivity index (χ2n) is 4.74. The summed E-state index contributed by atoms with van der Waals surface area (Å²) in [6, 6.07) is 12.3. The van der Waals surface area contributed by atoms with Crippen molar-refractivity contribution in [1.29, 1.82) is 0 Å². The van der Waals surface area contributed by atoms with Crippen LogP contribution in [0, 0.1) is 6.92 Å². The van der Waals surface area contributed by atoms with Crippen LogP contribution in [0.4, 0.5) is 5.69 Å². The van der Waals surface area contributed by atoms with Crippen LogP contribution in [0.25, 0.3) is 0 Å². The summed E-state index contributed by atoms with van der Waals surface area (Å²) in [5.41, 5.74) is 2.81. The van der Waals surface area contributed by atoms with E-state index >= 15 is 0 Å². The third-order valence-corrected chi connectivity index (χ3v) is 3.99. The predicted molar refractivity (Wildman–Crippen MR) is 82.9 cm³/mol. The molecule has 0 aromatic heterocycles. The van der Waals surface area contributed by atoms with E-state index in [0.717, 1.165) is 16.9 Å². The lowest BCUT2D eigenvalue weighted by atomic mass is 10.1. The average molecular weight is 306 g/mol. The lowest BCUT2D eigenvalue weighted by Gasteiger charge is -2.12. The normalized spacial score (nSPS) is 11.2. The Morgan fingerprint density at radius 1 is 1.19 bits per heavy atom. The largest absolute Gasteiger partial charge is 0.496 e. The summed E-state index contributed by atoms with van der Waals surface area (Å²) in [4.78, 5) is 0.0868. The summed E-state index contributed by atoms with van der Waals surface area (Å²) in [7, 11) is -2.07. The SMILES string of the molecule is COc1ccc(C)cc1CNc1cccc(S(N)(=O)=O)c1. The minimum Gasteiger partial charge on any atom is -0.496 e. The van der Waals surface area contributed by atoms with Crippen molar-refractivity contribution in [3.63, 3.8) is 0 Å². The zero-order valence-electron chi connectivity index (χ0n) is 12.0. The fourth-order valence-electron chi connectivity index (χ4n) is 2.03. The Hall–Kier alpha value is -2.05. The standard InChI is InChI=1S/C15H18N2O3S/c1-11-6-7-15(20-2)12(8-11)10-17-13-4-3-5-14(9-13)21(16,18)19/h3-9,17H,10H2,1-2H3,(H2,16,18,19). The molecule has 21 heavy (non-hydrogen) atoms. The van der Waals surface area contributed by atoms with Crippen molar-refractivity contribution in [2.45, 2.75) is 18.4 Å². The van der Waals surface area contributed by atoms with Crippen LogP contribution >= 0.6 is 0 Å². The number of sulfonamides is 1. The van der Waals surface area contributed by atoms with Gasteiger partial charge in [-0.15, -0.1) is 0 Å². The van der Waals surface area contributed by atoms with Crippen molar-refractivity contribution >= 4 is 15.7 Å². The van der Waals surface area contributed by atoms with Crippen LogP contribution in [0.5, 0.6) is 5.75 Å². The predicted octanol–water partition coefficient (Wildman–Crippen LogP) is 2.26. The van der Waals surface area contributed by atoms with Crippen LogP contribution in [-0.2, 0) is 16.6 Å². The number of hydrogen-bond acceptors (Lipinski definition) is 4. The number of nitrogens with two attached hydrogens (primary N) is 1. The van der Waals surface area contributed by atoms with Crippen LogP contribution in [0.1, 0.15) is 11.1 Å². The Labute approximate surface area is 124 Å². The molecule has 0 amide bonds. The molecule has 0 aliphatic heterocycles. The molecule has 3 N–H and O–H groups in total. The molecular formula is C15H18N2O3S. The highest BCUT2D eigenvalue weighted by atomic mass is 32.2. The quantitative estimate of drug-likeness (QED) is 0.888. The molecule has 0 bridgehead atoms. The molecule has 0 saturated heterocycles. The van der Waals surface area contributed by atoms with E-state index in [4.69, 9.17) is 9.88 Å². The maximum absolute atomic E-state index is 11.3. The maximum Gasteiger partial charge on any atom is 0.238 e.